The molecule has 0 heterocycles. The second kappa shape index (κ2) is 3.87. The summed E-state index contributed by atoms with van der Waals surface area (Å²) in [7, 11) is 0. The molecule has 86 valence electrons. The highest BCUT2D eigenvalue weighted by Gasteiger charge is 2.42. The summed E-state index contributed by atoms with van der Waals surface area (Å²) in [6, 6.07) is 0. The molecule has 0 spiro atoms. The predicted molar refractivity (Wildman–Crippen MR) is 47.9 cm³/mol. The van der Waals surface area contributed by atoms with Gasteiger partial charge in [0.05, 0.1) is 0 Å². The minimum Gasteiger partial charge on any atom is -0.425 e. The molecule has 15 heavy (non-hydrogen) atoms. The maximum absolute atomic E-state index is 11.9. The highest BCUT2D eigenvalue weighted by molar-refractivity contribution is 5.76. The Hall–Kier alpha value is -1.00. The minimum absolute atomic E-state index is 0.101. The van der Waals surface area contributed by atoms with Gasteiger partial charge in [-0.3, -0.25) is 0 Å². The molecule has 2 nitrogen and oxygen atoms in total. The Balaban J connectivity index is 2.61. The zero-order valence-electron chi connectivity index (χ0n) is 8.65. The molecule has 1 aliphatic carbocycles. The third kappa shape index (κ3) is 3.57. The fraction of sp³-hybridized carbons (Fsp3) is 0.700. The highest BCUT2D eigenvalue weighted by Crippen LogP contribution is 2.36. The molecule has 0 atom stereocenters. The Morgan fingerprint density at radius 1 is 1.47 bits per heavy atom. The van der Waals surface area contributed by atoms with E-state index in [0.29, 0.717) is 12.8 Å². The van der Waals surface area contributed by atoms with Crippen LogP contribution in [0.5, 0.6) is 0 Å². The van der Waals surface area contributed by atoms with Crippen molar-refractivity contribution >= 4 is 5.97 Å². The van der Waals surface area contributed by atoms with Crippen molar-refractivity contribution in [2.45, 2.75) is 39.3 Å². The number of rotatable bonds is 1. The summed E-state index contributed by atoms with van der Waals surface area (Å²) in [6.45, 7) is 3.86. The smallest absolute Gasteiger partial charge is 0.425 e. The summed E-state index contributed by atoms with van der Waals surface area (Å²) < 4.78 is 40.0. The highest BCUT2D eigenvalue weighted by atomic mass is 19.4. The van der Waals surface area contributed by atoms with Crippen molar-refractivity contribution < 1.29 is 22.7 Å². The molecular formula is C10H13F3O2. The maximum atomic E-state index is 11.9. The number of carbonyl (C=O) groups is 1. The van der Waals surface area contributed by atoms with Crippen molar-refractivity contribution in [1.82, 2.24) is 0 Å². The molecule has 0 aromatic carbocycles. The van der Waals surface area contributed by atoms with Gasteiger partial charge in [-0.05, 0) is 24.3 Å². The van der Waals surface area contributed by atoms with E-state index in [1.807, 2.05) is 13.8 Å². The molecule has 0 saturated heterocycles. The van der Waals surface area contributed by atoms with Crippen molar-refractivity contribution in [2.24, 2.45) is 5.41 Å². The second-order valence-electron chi connectivity index (χ2n) is 4.44. The molecule has 1 aliphatic rings. The molecular weight excluding hydrogens is 209 g/mol. The Bertz CT molecular complexity index is 290. The summed E-state index contributed by atoms with van der Waals surface area (Å²) in [4.78, 5) is 10.6. The molecule has 0 fully saturated rings. The fourth-order valence-electron chi connectivity index (χ4n) is 1.51. The van der Waals surface area contributed by atoms with E-state index in [1.54, 1.807) is 6.08 Å². The number of esters is 1. The van der Waals surface area contributed by atoms with E-state index in [4.69, 9.17) is 0 Å². The van der Waals surface area contributed by atoms with Crippen molar-refractivity contribution in [2.75, 3.05) is 0 Å². The van der Waals surface area contributed by atoms with Crippen LogP contribution in [0.2, 0.25) is 0 Å². The normalized spacial score (nSPS) is 20.7. The zero-order chi connectivity index (χ0) is 11.7. The van der Waals surface area contributed by atoms with E-state index in [1.165, 1.54) is 0 Å². The maximum Gasteiger partial charge on any atom is 0.491 e. The van der Waals surface area contributed by atoms with Gasteiger partial charge >= 0.3 is 12.1 Å². The molecule has 0 unspecified atom stereocenters. The Morgan fingerprint density at radius 2 is 2.07 bits per heavy atom. The van der Waals surface area contributed by atoms with Gasteiger partial charge in [-0.25, -0.2) is 4.79 Å². The van der Waals surface area contributed by atoms with Gasteiger partial charge in [-0.2, -0.15) is 13.2 Å². The van der Waals surface area contributed by atoms with Gasteiger partial charge in [-0.15, -0.1) is 0 Å². The van der Waals surface area contributed by atoms with Crippen LogP contribution in [-0.2, 0) is 9.53 Å². The first kappa shape index (κ1) is 12.1. The Labute approximate surface area is 86.1 Å². The first-order chi connectivity index (χ1) is 6.71. The SMILES string of the molecule is CC1(C)CCC=C(OC(=O)C(F)(F)F)C1. The van der Waals surface area contributed by atoms with Gasteiger partial charge in [-0.1, -0.05) is 13.8 Å². The summed E-state index contributed by atoms with van der Waals surface area (Å²) in [6.07, 6.45) is -1.46. The zero-order valence-corrected chi connectivity index (χ0v) is 8.65. The quantitative estimate of drug-likeness (QED) is 0.637. The molecule has 0 aromatic rings. The van der Waals surface area contributed by atoms with Crippen LogP contribution in [0, 0.1) is 5.41 Å². The lowest BCUT2D eigenvalue weighted by Gasteiger charge is -2.28. The standard InChI is InChI=1S/C10H13F3O2/c1-9(2)5-3-4-7(6-9)15-8(14)10(11,12)13/h4H,3,5-6H2,1-2H3. The topological polar surface area (TPSA) is 26.3 Å². The van der Waals surface area contributed by atoms with E-state index >= 15 is 0 Å². The van der Waals surface area contributed by atoms with E-state index in [2.05, 4.69) is 4.74 Å². The second-order valence-corrected chi connectivity index (χ2v) is 4.44. The van der Waals surface area contributed by atoms with Gasteiger partial charge in [0, 0.05) is 6.42 Å². The molecule has 5 heteroatoms. The van der Waals surface area contributed by atoms with Gasteiger partial charge < -0.3 is 4.74 Å². The first-order valence-corrected chi connectivity index (χ1v) is 4.69. The van der Waals surface area contributed by atoms with Crippen LogP contribution >= 0.6 is 0 Å². The molecule has 0 aliphatic heterocycles. The van der Waals surface area contributed by atoms with Gasteiger partial charge in [0.2, 0.25) is 0 Å². The van der Waals surface area contributed by atoms with Gasteiger partial charge in [0.25, 0.3) is 0 Å². The van der Waals surface area contributed by atoms with Crippen LogP contribution in [0.15, 0.2) is 11.8 Å². The van der Waals surface area contributed by atoms with Crippen molar-refractivity contribution in [3.63, 3.8) is 0 Å². The lowest BCUT2D eigenvalue weighted by Crippen LogP contribution is -2.27. The number of ether oxygens (including phenoxy) is 1. The Morgan fingerprint density at radius 3 is 2.53 bits per heavy atom. The van der Waals surface area contributed by atoms with Crippen LogP contribution < -0.4 is 0 Å². The number of carbonyl (C=O) groups excluding carboxylic acids is 1. The molecule has 0 aromatic heterocycles. The molecule has 0 N–H and O–H groups in total. The molecule has 0 saturated carbocycles. The van der Waals surface area contributed by atoms with E-state index in [9.17, 15) is 18.0 Å². The van der Waals surface area contributed by atoms with E-state index in [-0.39, 0.29) is 11.2 Å². The summed E-state index contributed by atoms with van der Waals surface area (Å²) in [5, 5.41) is 0. The minimum atomic E-state index is -4.91. The van der Waals surface area contributed by atoms with Gasteiger partial charge in [0.15, 0.2) is 0 Å². The first-order valence-electron chi connectivity index (χ1n) is 4.69. The number of alkyl halides is 3. The lowest BCUT2D eigenvalue weighted by molar-refractivity contribution is -0.196. The summed E-state index contributed by atoms with van der Waals surface area (Å²) in [5.74, 6) is -2.00. The summed E-state index contributed by atoms with van der Waals surface area (Å²) in [5.41, 5.74) is -0.101. The largest absolute Gasteiger partial charge is 0.491 e. The molecule has 1 rings (SSSR count). The third-order valence-electron chi connectivity index (χ3n) is 2.30. The average molecular weight is 222 g/mol. The van der Waals surface area contributed by atoms with E-state index in [0.717, 1.165) is 6.42 Å². The summed E-state index contributed by atoms with van der Waals surface area (Å²) >= 11 is 0. The monoisotopic (exact) mass is 222 g/mol. The van der Waals surface area contributed by atoms with Crippen LogP contribution in [0.3, 0.4) is 0 Å². The fourth-order valence-corrected chi connectivity index (χ4v) is 1.51. The van der Waals surface area contributed by atoms with Crippen LogP contribution in [-0.4, -0.2) is 12.1 Å². The molecule has 0 bridgehead atoms. The number of halogens is 3. The lowest BCUT2D eigenvalue weighted by atomic mass is 9.80. The van der Waals surface area contributed by atoms with Crippen molar-refractivity contribution in [3.05, 3.63) is 11.8 Å². The third-order valence-corrected chi connectivity index (χ3v) is 2.30. The number of hydrogen-bond acceptors (Lipinski definition) is 2. The average Bonchev–Trinajstić information content (AvgIpc) is 2.00. The van der Waals surface area contributed by atoms with Gasteiger partial charge in [0.1, 0.15) is 5.76 Å². The number of allylic oxidation sites excluding steroid dienone is 2. The number of hydrogen-bond donors (Lipinski definition) is 0. The van der Waals surface area contributed by atoms with Crippen molar-refractivity contribution in [1.29, 1.82) is 0 Å². The predicted octanol–water partition coefficient (Wildman–Crippen LogP) is 3.19. The molecule has 0 amide bonds. The molecule has 0 radical (unpaired) electrons. The Kier molecular flexibility index (Phi) is 3.11. The van der Waals surface area contributed by atoms with Crippen LogP contribution in [0.25, 0.3) is 0 Å². The van der Waals surface area contributed by atoms with Crippen molar-refractivity contribution in [3.8, 4) is 0 Å². The van der Waals surface area contributed by atoms with Crippen LogP contribution in [0.1, 0.15) is 33.1 Å². The van der Waals surface area contributed by atoms with Crippen LogP contribution in [0.4, 0.5) is 13.2 Å². The van der Waals surface area contributed by atoms with E-state index < -0.39 is 12.1 Å².